The average molecular weight is 393 g/mol. The maximum absolute atomic E-state index is 14.8. The van der Waals surface area contributed by atoms with Gasteiger partial charge in [0.15, 0.2) is 0 Å². The first-order valence-corrected chi connectivity index (χ1v) is 8.56. The number of carbonyl (C=O) groups excluding carboxylic acids is 1. The molecule has 0 saturated carbocycles. The third kappa shape index (κ3) is 3.40. The molecule has 0 amide bonds. The monoisotopic (exact) mass is 393 g/mol. The summed E-state index contributed by atoms with van der Waals surface area (Å²) in [5, 5.41) is 0. The van der Waals surface area contributed by atoms with Gasteiger partial charge in [0.2, 0.25) is 0 Å². The lowest BCUT2D eigenvalue weighted by Crippen LogP contribution is -2.41. The molecule has 0 atom stereocenters. The SMILES string of the molecule is COC(=O)c1ccc(F)c(-c2c(F)cc(B3OC(C)(C)C(C)(C)O3)cc2F)n1. The molecule has 1 aromatic heterocycles. The number of hydrogen-bond acceptors (Lipinski definition) is 5. The number of halogens is 3. The fraction of sp³-hybridized carbons (Fsp3) is 0.368. The summed E-state index contributed by atoms with van der Waals surface area (Å²) in [4.78, 5) is 15.3. The number of benzene rings is 1. The molecule has 2 aromatic rings. The summed E-state index contributed by atoms with van der Waals surface area (Å²) in [6.07, 6.45) is 0. The van der Waals surface area contributed by atoms with Crippen molar-refractivity contribution in [2.75, 3.05) is 7.11 Å². The highest BCUT2D eigenvalue weighted by atomic mass is 19.1. The molecule has 148 valence electrons. The van der Waals surface area contributed by atoms with E-state index in [2.05, 4.69) is 9.72 Å². The van der Waals surface area contributed by atoms with Gasteiger partial charge in [0.25, 0.3) is 0 Å². The summed E-state index contributed by atoms with van der Waals surface area (Å²) in [5.41, 5.74) is -2.85. The van der Waals surface area contributed by atoms with Crippen molar-refractivity contribution in [1.82, 2.24) is 4.98 Å². The van der Waals surface area contributed by atoms with Gasteiger partial charge in [0.05, 0.1) is 23.9 Å². The Bertz CT molecular complexity index is 910. The van der Waals surface area contributed by atoms with Gasteiger partial charge in [-0.15, -0.1) is 0 Å². The van der Waals surface area contributed by atoms with Crippen molar-refractivity contribution in [3.8, 4) is 11.3 Å². The lowest BCUT2D eigenvalue weighted by Gasteiger charge is -2.32. The van der Waals surface area contributed by atoms with E-state index in [1.54, 1.807) is 0 Å². The van der Waals surface area contributed by atoms with Crippen molar-refractivity contribution in [3.05, 3.63) is 47.4 Å². The van der Waals surface area contributed by atoms with Crippen LogP contribution in [0, 0.1) is 17.5 Å². The smallest absolute Gasteiger partial charge is 0.464 e. The van der Waals surface area contributed by atoms with E-state index in [4.69, 9.17) is 9.31 Å². The number of nitrogens with zero attached hydrogens (tertiary/aromatic N) is 1. The van der Waals surface area contributed by atoms with Crippen LogP contribution in [0.2, 0.25) is 0 Å². The first-order valence-electron chi connectivity index (χ1n) is 8.56. The maximum Gasteiger partial charge on any atom is 0.495 e. The molecule has 28 heavy (non-hydrogen) atoms. The summed E-state index contributed by atoms with van der Waals surface area (Å²) in [6.45, 7) is 7.24. The van der Waals surface area contributed by atoms with Gasteiger partial charge in [0.1, 0.15) is 28.8 Å². The van der Waals surface area contributed by atoms with Crippen LogP contribution < -0.4 is 5.46 Å². The molecule has 1 aliphatic heterocycles. The Morgan fingerprint density at radius 2 is 1.54 bits per heavy atom. The first-order chi connectivity index (χ1) is 13.0. The van der Waals surface area contributed by atoms with Gasteiger partial charge in [0, 0.05) is 0 Å². The Morgan fingerprint density at radius 3 is 2.04 bits per heavy atom. The van der Waals surface area contributed by atoms with Gasteiger partial charge in [-0.2, -0.15) is 0 Å². The number of methoxy groups -OCH3 is 1. The molecular weight excluding hydrogens is 374 g/mol. The predicted molar refractivity (Wildman–Crippen MR) is 96.6 cm³/mol. The summed E-state index contributed by atoms with van der Waals surface area (Å²) < 4.78 is 59.8. The molecule has 0 spiro atoms. The number of pyridine rings is 1. The number of esters is 1. The molecule has 3 rings (SSSR count). The van der Waals surface area contributed by atoms with Crippen LogP contribution in [0.4, 0.5) is 13.2 Å². The van der Waals surface area contributed by atoms with Crippen LogP contribution in [0.25, 0.3) is 11.3 Å². The molecule has 0 N–H and O–H groups in total. The number of ether oxygens (including phenoxy) is 1. The van der Waals surface area contributed by atoms with E-state index in [1.807, 2.05) is 27.7 Å². The predicted octanol–water partition coefficient (Wildman–Crippen LogP) is 3.25. The van der Waals surface area contributed by atoms with E-state index >= 15 is 0 Å². The zero-order valence-corrected chi connectivity index (χ0v) is 16.1. The van der Waals surface area contributed by atoms with Gasteiger partial charge in [-0.25, -0.2) is 22.9 Å². The quantitative estimate of drug-likeness (QED) is 0.592. The highest BCUT2D eigenvalue weighted by Crippen LogP contribution is 2.37. The Morgan fingerprint density at radius 1 is 1.00 bits per heavy atom. The van der Waals surface area contributed by atoms with Crippen molar-refractivity contribution in [1.29, 1.82) is 0 Å². The lowest BCUT2D eigenvalue weighted by atomic mass is 9.78. The van der Waals surface area contributed by atoms with Crippen LogP contribution in [-0.4, -0.2) is 36.4 Å². The van der Waals surface area contributed by atoms with Gasteiger partial charge >= 0.3 is 13.1 Å². The molecule has 1 fully saturated rings. The molecule has 9 heteroatoms. The van der Waals surface area contributed by atoms with Crippen LogP contribution in [0.5, 0.6) is 0 Å². The van der Waals surface area contributed by atoms with Crippen LogP contribution in [0.3, 0.4) is 0 Å². The van der Waals surface area contributed by atoms with Crippen molar-refractivity contribution in [3.63, 3.8) is 0 Å². The van der Waals surface area contributed by atoms with Gasteiger partial charge in [-0.3, -0.25) is 0 Å². The van der Waals surface area contributed by atoms with Crippen LogP contribution in [0.15, 0.2) is 24.3 Å². The maximum atomic E-state index is 14.8. The topological polar surface area (TPSA) is 57.7 Å². The fourth-order valence-corrected chi connectivity index (χ4v) is 2.77. The Hall–Kier alpha value is -2.39. The van der Waals surface area contributed by atoms with E-state index in [0.717, 1.165) is 31.4 Å². The molecule has 1 aliphatic rings. The largest absolute Gasteiger partial charge is 0.495 e. The Kier molecular flexibility index (Phi) is 5.01. The summed E-state index contributed by atoms with van der Waals surface area (Å²) in [6, 6.07) is 3.98. The summed E-state index contributed by atoms with van der Waals surface area (Å²) in [5.74, 6) is -3.94. The molecule has 0 bridgehead atoms. The second-order valence-corrected chi connectivity index (χ2v) is 7.47. The highest BCUT2D eigenvalue weighted by Gasteiger charge is 2.52. The van der Waals surface area contributed by atoms with Crippen LogP contribution >= 0.6 is 0 Å². The second-order valence-electron chi connectivity index (χ2n) is 7.47. The number of aromatic nitrogens is 1. The molecule has 1 aromatic carbocycles. The number of rotatable bonds is 3. The standard InChI is InChI=1S/C19H19BF3NO4/c1-18(2)19(3,4)28-20(27-18)10-8-12(22)15(13(23)9-10)16-11(21)6-7-14(24-16)17(25)26-5/h6-9H,1-5H3. The summed E-state index contributed by atoms with van der Waals surface area (Å²) in [7, 11) is 0.135. The van der Waals surface area contributed by atoms with E-state index in [9.17, 15) is 18.0 Å². The van der Waals surface area contributed by atoms with Crippen LogP contribution in [0.1, 0.15) is 38.2 Å². The molecular formula is C19H19BF3NO4. The zero-order chi connectivity index (χ0) is 20.9. The molecule has 1 saturated heterocycles. The Balaban J connectivity index is 2.04. The lowest BCUT2D eigenvalue weighted by molar-refractivity contribution is 0.00578. The van der Waals surface area contributed by atoms with Crippen LogP contribution in [-0.2, 0) is 14.0 Å². The third-order valence-electron chi connectivity index (χ3n) is 5.07. The van der Waals surface area contributed by atoms with E-state index in [1.165, 1.54) is 0 Å². The minimum absolute atomic E-state index is 0.113. The van der Waals surface area contributed by atoms with Crippen molar-refractivity contribution in [2.24, 2.45) is 0 Å². The first kappa shape index (κ1) is 20.4. The fourth-order valence-electron chi connectivity index (χ4n) is 2.77. The molecule has 0 aliphatic carbocycles. The van der Waals surface area contributed by atoms with Gasteiger partial charge < -0.3 is 14.0 Å². The molecule has 0 unspecified atom stereocenters. The van der Waals surface area contributed by atoms with Crippen molar-refractivity contribution in [2.45, 2.75) is 38.9 Å². The molecule has 0 radical (unpaired) electrons. The molecule has 2 heterocycles. The van der Waals surface area contributed by atoms with Crippen molar-refractivity contribution < 1.29 is 32.0 Å². The minimum Gasteiger partial charge on any atom is -0.464 e. The van der Waals surface area contributed by atoms with Crippen molar-refractivity contribution >= 4 is 18.6 Å². The second kappa shape index (κ2) is 6.90. The minimum atomic E-state index is -1.06. The van der Waals surface area contributed by atoms with Gasteiger partial charge in [-0.1, -0.05) is 0 Å². The van der Waals surface area contributed by atoms with Gasteiger partial charge in [-0.05, 0) is 57.4 Å². The number of carbonyl (C=O) groups is 1. The zero-order valence-electron chi connectivity index (χ0n) is 16.1. The number of hydrogen-bond donors (Lipinski definition) is 0. The van der Waals surface area contributed by atoms with E-state index in [-0.39, 0.29) is 11.2 Å². The third-order valence-corrected chi connectivity index (χ3v) is 5.07. The average Bonchev–Trinajstić information content (AvgIpc) is 2.83. The summed E-state index contributed by atoms with van der Waals surface area (Å²) >= 11 is 0. The highest BCUT2D eigenvalue weighted by molar-refractivity contribution is 6.62. The van der Waals surface area contributed by atoms with E-state index in [0.29, 0.717) is 0 Å². The molecule has 5 nitrogen and oxygen atoms in total. The Labute approximate surface area is 161 Å². The normalized spacial score (nSPS) is 17.6. The van der Waals surface area contributed by atoms with E-state index < -0.39 is 53.0 Å².